The van der Waals surface area contributed by atoms with E-state index in [1.165, 1.54) is 33.9 Å². The van der Waals surface area contributed by atoms with Crippen LogP contribution in [0.15, 0.2) is 94.4 Å². The number of anilines is 1. The third kappa shape index (κ3) is 12.0. The molecule has 0 N–H and O–H groups in total. The zero-order valence-corrected chi connectivity index (χ0v) is 44.2. The number of rotatable bonds is 17. The Morgan fingerprint density at radius 2 is 1.54 bits per heavy atom. The topological polar surface area (TPSA) is 69.9 Å². The number of hydrogen-bond acceptors (Lipinski definition) is 9. The van der Waals surface area contributed by atoms with Crippen molar-refractivity contribution in [2.75, 3.05) is 29.5 Å². The molecule has 7 nitrogen and oxygen atoms in total. The van der Waals surface area contributed by atoms with Gasteiger partial charge >= 0.3 is 5.97 Å². The predicted octanol–water partition coefficient (Wildman–Crippen LogP) is 8.01. The Kier molecular flexibility index (Phi) is 21.4. The minimum absolute atomic E-state index is 0. The summed E-state index contributed by atoms with van der Waals surface area (Å²) in [5, 5.41) is 0.617. The Bertz CT molecular complexity index is 1860. The number of fused-ring (bicyclic) bond motifs is 2. The van der Waals surface area contributed by atoms with Crippen LogP contribution >= 0.6 is 12.6 Å². The monoisotopic (exact) mass is 1340 g/mol. The molecule has 0 spiro atoms. The number of hydrogen-bond donors (Lipinski definition) is 1. The third-order valence-corrected chi connectivity index (χ3v) is 11.5. The molecule has 0 radical (unpaired) electrons. The van der Waals surface area contributed by atoms with Crippen molar-refractivity contribution in [1.29, 1.82) is 0 Å². The van der Waals surface area contributed by atoms with Crippen molar-refractivity contribution >= 4 is 85.4 Å². The summed E-state index contributed by atoms with van der Waals surface area (Å²) in [5.74, 6) is -0.0812. The van der Waals surface area contributed by atoms with Crippen LogP contribution < -0.4 is 4.90 Å². The van der Waals surface area contributed by atoms with E-state index >= 15 is 0 Å². The van der Waals surface area contributed by atoms with Crippen LogP contribution in [-0.2, 0) is 131 Å². The number of imide groups is 1. The number of thiol groups is 1. The first-order chi connectivity index (χ1) is 25.4. The van der Waals surface area contributed by atoms with Crippen LogP contribution in [0.3, 0.4) is 0 Å². The molecule has 2 amide bonds. The minimum atomic E-state index is -0.555. The van der Waals surface area contributed by atoms with Crippen molar-refractivity contribution in [3.63, 3.8) is 0 Å². The fourth-order valence-corrected chi connectivity index (χ4v) is 8.25. The van der Waals surface area contributed by atoms with Crippen molar-refractivity contribution < 1.29 is 87.0 Å². The number of carbonyl (C=O) groups excluding carboxylic acids is 3. The molecule has 0 bridgehead atoms. The molecule has 1 saturated heterocycles. The molecule has 56 heavy (non-hydrogen) atoms. The van der Waals surface area contributed by atoms with Crippen LogP contribution in [0.25, 0.3) is 0 Å². The summed E-state index contributed by atoms with van der Waals surface area (Å²) in [4.78, 5) is 45.2. The normalized spacial score (nSPS) is 19.2. The molecule has 14 heteroatoms. The summed E-state index contributed by atoms with van der Waals surface area (Å²) >= 11 is 20.8. The maximum atomic E-state index is 12.4. The molecule has 3 aliphatic heterocycles. The fraction of sp³-hybridized carbons (Fsp3) is 0.429. The molecule has 3 aliphatic rings. The molecule has 0 aliphatic carbocycles. The molecule has 2 aromatic carbocycles. The number of allylic oxidation sites excluding steroid dienone is 8. The van der Waals surface area contributed by atoms with Gasteiger partial charge in [-0.05, 0) is 69.9 Å². The van der Waals surface area contributed by atoms with E-state index in [9.17, 15) is 14.4 Å². The third-order valence-electron chi connectivity index (χ3n) is 10.3. The quantitative estimate of drug-likeness (QED) is 0.0427. The van der Waals surface area contributed by atoms with E-state index < -0.39 is 17.8 Å². The number of benzene rings is 2. The molecule has 1 atom stereocenters. The van der Waals surface area contributed by atoms with Gasteiger partial charge in [-0.25, -0.2) is 4.79 Å². The average Bonchev–Trinajstić information content (AvgIpc) is 3.64. The second-order valence-corrected chi connectivity index (χ2v) is 16.2. The van der Waals surface area contributed by atoms with Gasteiger partial charge < -0.3 is 47.6 Å². The van der Waals surface area contributed by atoms with E-state index in [4.69, 9.17) is 55.4 Å². The van der Waals surface area contributed by atoms with Crippen LogP contribution in [0, 0.1) is 0 Å². The zero-order chi connectivity index (χ0) is 38.2. The Hall–Kier alpha value is -1.19. The van der Waals surface area contributed by atoms with Gasteiger partial charge in [0.25, 0.3) is 11.8 Å². The zero-order valence-electron chi connectivity index (χ0n) is 32.1. The van der Waals surface area contributed by atoms with E-state index in [1.54, 1.807) is 0 Å². The summed E-state index contributed by atoms with van der Waals surface area (Å²) < 4.78 is 2.39. The van der Waals surface area contributed by atoms with Crippen molar-refractivity contribution in [2.24, 2.45) is 0 Å². The van der Waals surface area contributed by atoms with E-state index in [0.29, 0.717) is 17.2 Å². The molecule has 1 unspecified atom stereocenters. The van der Waals surface area contributed by atoms with Gasteiger partial charge in [0.2, 0.25) is 5.69 Å². The van der Waals surface area contributed by atoms with Crippen LogP contribution in [0.4, 0.5) is 11.4 Å². The SMILES string of the molecule is CC1(C)C(/C=C/C=C/C=C/C=C2/N(CCC[S-])c3ccc(S)cc3C2(C)CCCCCC(=O)ON2C(=O)CCC2=O)=[N+](CCC[S-])c2ccc([S-])cc21.[W].[W].[W]. The molecule has 1 fully saturated rings. The first-order valence-corrected chi connectivity index (χ1v) is 20.5. The van der Waals surface area contributed by atoms with E-state index in [1.807, 2.05) is 12.1 Å². The second-order valence-electron chi connectivity index (χ2n) is 14.4. The van der Waals surface area contributed by atoms with Crippen molar-refractivity contribution in [1.82, 2.24) is 5.06 Å². The number of amides is 2. The van der Waals surface area contributed by atoms with E-state index in [2.05, 4.69) is 97.0 Å². The van der Waals surface area contributed by atoms with Gasteiger partial charge in [0.05, 0.1) is 5.41 Å². The molecule has 300 valence electrons. The van der Waals surface area contributed by atoms with Gasteiger partial charge in [0, 0.05) is 128 Å². The fourth-order valence-electron chi connectivity index (χ4n) is 7.60. The average molecular weight is 1340 g/mol. The van der Waals surface area contributed by atoms with Gasteiger partial charge in [0.1, 0.15) is 6.54 Å². The first kappa shape index (κ1) is 51.0. The Morgan fingerprint density at radius 1 is 0.857 bits per heavy atom. The summed E-state index contributed by atoms with van der Waals surface area (Å²) in [6.07, 6.45) is 20.1. The predicted molar refractivity (Wildman–Crippen MR) is 223 cm³/mol. The smallest absolute Gasteiger partial charge is 0.333 e. The molecule has 5 rings (SSSR count). The number of hydroxylamine groups is 2. The summed E-state index contributed by atoms with van der Waals surface area (Å²) in [6.45, 7) is 8.49. The van der Waals surface area contributed by atoms with Crippen molar-refractivity contribution in [3.8, 4) is 0 Å². The van der Waals surface area contributed by atoms with Crippen LogP contribution in [0.2, 0.25) is 0 Å². The molecule has 0 saturated carbocycles. The van der Waals surface area contributed by atoms with Crippen LogP contribution in [0.1, 0.15) is 89.7 Å². The number of carbonyl (C=O) groups is 3. The Labute approximate surface area is 398 Å². The van der Waals surface area contributed by atoms with Crippen LogP contribution in [0.5, 0.6) is 0 Å². The summed E-state index contributed by atoms with van der Waals surface area (Å²) in [7, 11) is 0. The van der Waals surface area contributed by atoms with Gasteiger partial charge in [-0.3, -0.25) is 9.59 Å². The molecule has 3 heterocycles. The van der Waals surface area contributed by atoms with E-state index in [0.717, 1.165) is 60.7 Å². The van der Waals surface area contributed by atoms with Crippen LogP contribution in [-0.4, -0.2) is 57.7 Å². The van der Waals surface area contributed by atoms with Crippen molar-refractivity contribution in [3.05, 3.63) is 95.8 Å². The molecule has 2 aromatic rings. The second kappa shape index (κ2) is 23.6. The molecular formula is C42H49N3O4S4W3-2. The molecule has 0 aromatic heterocycles. The van der Waals surface area contributed by atoms with Crippen molar-refractivity contribution in [2.45, 2.75) is 99.2 Å². The van der Waals surface area contributed by atoms with E-state index in [-0.39, 0.29) is 93.3 Å². The maximum Gasteiger partial charge on any atom is 0.333 e. The van der Waals surface area contributed by atoms with Gasteiger partial charge in [-0.15, -0.1) is 17.7 Å². The first-order valence-electron chi connectivity index (χ1n) is 18.4. The summed E-state index contributed by atoms with van der Waals surface area (Å²) in [6, 6.07) is 12.6. The minimum Gasteiger partial charge on any atom is -0.793 e. The van der Waals surface area contributed by atoms with Gasteiger partial charge in [0.15, 0.2) is 5.71 Å². The largest absolute Gasteiger partial charge is 0.793 e. The Morgan fingerprint density at radius 3 is 2.23 bits per heavy atom. The number of nitrogens with zero attached hydrogens (tertiary/aromatic N) is 3. The maximum absolute atomic E-state index is 12.4. The standard InChI is InChI=1S/C42H51N3O4S4.3W/c1-41(2)32-28-30(52)17-19-34(32)43(24-12-26-50)36(41)14-8-5-4-6-9-15-37-42(3,33-29-31(53)18-20-35(33)44(37)25-13-27-51)23-11-7-10-16-40(48)49-45-38(46)21-22-39(45)47;;;/h4-6,8-9,14-15,17-20,28-29H,7,10-13,16,21-27H2,1-3H3,(H3-,50,51,52,53);;;/p-2. The number of unbranched alkanes of at least 4 members (excludes halogenated alkanes) is 2. The van der Waals surface area contributed by atoms with Gasteiger partial charge in [-0.1, -0.05) is 61.8 Å². The molecular weight excluding hydrogens is 1290 g/mol. The van der Waals surface area contributed by atoms with Gasteiger partial charge in [-0.2, -0.15) is 21.0 Å². The summed E-state index contributed by atoms with van der Waals surface area (Å²) in [5.41, 5.74) is 6.88. The Balaban J connectivity index is 0.00000361.